The van der Waals surface area contributed by atoms with Crippen molar-refractivity contribution in [3.05, 3.63) is 29.3 Å². The maximum atomic E-state index is 12.2. The first-order valence-electron chi connectivity index (χ1n) is 6.92. The summed E-state index contributed by atoms with van der Waals surface area (Å²) in [5.74, 6) is -1.95. The first kappa shape index (κ1) is 18.2. The predicted molar refractivity (Wildman–Crippen MR) is 82.6 cm³/mol. The van der Waals surface area contributed by atoms with E-state index in [2.05, 4.69) is 5.32 Å². The molecule has 2 atom stereocenters. The number of carbonyl (C=O) groups excluding carboxylic acids is 1. The number of amides is 1. The van der Waals surface area contributed by atoms with Crippen molar-refractivity contribution in [3.8, 4) is 0 Å². The molecule has 0 saturated heterocycles. The van der Waals surface area contributed by atoms with Crippen molar-refractivity contribution in [1.29, 1.82) is 0 Å². The number of aryl methyl sites for hydroxylation is 1. The number of benzene rings is 1. The summed E-state index contributed by atoms with van der Waals surface area (Å²) in [6, 6.07) is 3.27. The zero-order chi connectivity index (χ0) is 17.1. The van der Waals surface area contributed by atoms with Gasteiger partial charge in [0.05, 0.1) is 4.90 Å². The van der Waals surface area contributed by atoms with E-state index in [1.54, 1.807) is 13.8 Å². The smallest absolute Gasteiger partial charge is 0.326 e. The third kappa shape index (κ3) is 4.30. The van der Waals surface area contributed by atoms with Gasteiger partial charge in [0.1, 0.15) is 6.04 Å². The highest BCUT2D eigenvalue weighted by molar-refractivity contribution is 7.90. The molecule has 0 aromatic heterocycles. The van der Waals surface area contributed by atoms with Crippen molar-refractivity contribution in [1.82, 2.24) is 5.32 Å². The van der Waals surface area contributed by atoms with Gasteiger partial charge < -0.3 is 10.4 Å². The van der Waals surface area contributed by atoms with Gasteiger partial charge in [0.25, 0.3) is 5.91 Å². The van der Waals surface area contributed by atoms with Crippen molar-refractivity contribution < 1.29 is 23.1 Å². The first-order valence-corrected chi connectivity index (χ1v) is 8.81. The average molecular weight is 327 g/mol. The Morgan fingerprint density at radius 1 is 1.32 bits per heavy atom. The fourth-order valence-electron chi connectivity index (χ4n) is 2.05. The molecule has 0 spiro atoms. The largest absolute Gasteiger partial charge is 0.480 e. The highest BCUT2D eigenvalue weighted by atomic mass is 32.2. The monoisotopic (exact) mass is 327 g/mol. The number of hydrogen-bond donors (Lipinski definition) is 2. The Labute approximate surface area is 130 Å². The minimum absolute atomic E-state index is 0.0653. The molecular formula is C15H21NO5S. The Balaban J connectivity index is 3.11. The molecule has 0 saturated carbocycles. The molecule has 1 aromatic carbocycles. The van der Waals surface area contributed by atoms with Crippen LogP contribution >= 0.6 is 0 Å². The Morgan fingerprint density at radius 2 is 1.91 bits per heavy atom. The third-order valence-corrected chi connectivity index (χ3v) is 4.85. The van der Waals surface area contributed by atoms with Gasteiger partial charge in [-0.3, -0.25) is 4.79 Å². The zero-order valence-electron chi connectivity index (χ0n) is 13.1. The molecule has 0 bridgehead atoms. The summed E-state index contributed by atoms with van der Waals surface area (Å²) in [4.78, 5) is 23.5. The summed E-state index contributed by atoms with van der Waals surface area (Å²) in [7, 11) is -3.45. The lowest BCUT2D eigenvalue weighted by Gasteiger charge is -2.20. The lowest BCUT2D eigenvalue weighted by molar-refractivity contribution is -0.140. The summed E-state index contributed by atoms with van der Waals surface area (Å²) in [5.41, 5.74) is 0.663. The van der Waals surface area contributed by atoms with Crippen LogP contribution in [0.15, 0.2) is 23.1 Å². The molecule has 0 heterocycles. The minimum Gasteiger partial charge on any atom is -0.480 e. The number of sulfone groups is 1. The van der Waals surface area contributed by atoms with E-state index in [1.165, 1.54) is 18.2 Å². The van der Waals surface area contributed by atoms with Crippen LogP contribution in [0.5, 0.6) is 0 Å². The van der Waals surface area contributed by atoms with Crippen LogP contribution in [0.3, 0.4) is 0 Å². The maximum absolute atomic E-state index is 12.2. The summed E-state index contributed by atoms with van der Waals surface area (Å²) in [5, 5.41) is 11.6. The standard InChI is InChI=1S/C15H21NO5S/c1-5-9(2)13(15(18)19)16-14(17)11-7-6-10(3)12(8-11)22(4,20)21/h6-9,13H,5H2,1-4H3,(H,16,17)(H,18,19)/t9-,13-/m0/s1. The highest BCUT2D eigenvalue weighted by Crippen LogP contribution is 2.17. The van der Waals surface area contributed by atoms with Gasteiger partial charge >= 0.3 is 5.97 Å². The molecule has 0 radical (unpaired) electrons. The molecule has 2 N–H and O–H groups in total. The Hall–Kier alpha value is -1.89. The van der Waals surface area contributed by atoms with Crippen LogP contribution in [0.1, 0.15) is 36.2 Å². The van der Waals surface area contributed by atoms with Crippen LogP contribution in [0.25, 0.3) is 0 Å². The Bertz CT molecular complexity index is 681. The summed E-state index contributed by atoms with van der Waals surface area (Å²) in [6.07, 6.45) is 1.66. The van der Waals surface area contributed by atoms with Gasteiger partial charge in [0.15, 0.2) is 9.84 Å². The van der Waals surface area contributed by atoms with E-state index in [0.717, 1.165) is 6.26 Å². The lowest BCUT2D eigenvalue weighted by atomic mass is 9.99. The first-order chi connectivity index (χ1) is 10.1. The van der Waals surface area contributed by atoms with Crippen LogP contribution in [0.4, 0.5) is 0 Å². The number of carboxylic acid groups (broad SMARTS) is 1. The summed E-state index contributed by atoms with van der Waals surface area (Å²) < 4.78 is 23.4. The fourth-order valence-corrected chi connectivity index (χ4v) is 3.04. The predicted octanol–water partition coefficient (Wildman–Crippen LogP) is 1.63. The molecule has 0 aliphatic carbocycles. The van der Waals surface area contributed by atoms with Crippen molar-refractivity contribution in [2.24, 2.45) is 5.92 Å². The third-order valence-electron chi connectivity index (χ3n) is 3.62. The number of nitrogens with one attached hydrogen (secondary N) is 1. The van der Waals surface area contributed by atoms with Crippen molar-refractivity contribution in [2.45, 2.75) is 38.1 Å². The van der Waals surface area contributed by atoms with Crippen LogP contribution in [-0.2, 0) is 14.6 Å². The maximum Gasteiger partial charge on any atom is 0.326 e. The molecule has 1 aromatic rings. The average Bonchev–Trinajstić information content (AvgIpc) is 2.42. The van der Waals surface area contributed by atoms with E-state index < -0.39 is 27.8 Å². The van der Waals surface area contributed by atoms with Crippen LogP contribution in [-0.4, -0.2) is 37.7 Å². The Morgan fingerprint density at radius 3 is 2.36 bits per heavy atom. The van der Waals surface area contributed by atoms with Gasteiger partial charge in [-0.25, -0.2) is 13.2 Å². The van der Waals surface area contributed by atoms with Gasteiger partial charge in [-0.2, -0.15) is 0 Å². The van der Waals surface area contributed by atoms with Gasteiger partial charge in [-0.15, -0.1) is 0 Å². The molecule has 0 unspecified atom stereocenters. The number of aliphatic carboxylic acids is 1. The molecule has 1 amide bonds. The van der Waals surface area contributed by atoms with E-state index >= 15 is 0 Å². The molecule has 1 rings (SSSR count). The van der Waals surface area contributed by atoms with Crippen LogP contribution in [0, 0.1) is 12.8 Å². The van der Waals surface area contributed by atoms with Crippen molar-refractivity contribution in [2.75, 3.05) is 6.26 Å². The van der Waals surface area contributed by atoms with E-state index in [4.69, 9.17) is 0 Å². The normalized spacial score (nSPS) is 14.2. The van der Waals surface area contributed by atoms with E-state index in [0.29, 0.717) is 12.0 Å². The van der Waals surface area contributed by atoms with E-state index in [-0.39, 0.29) is 16.4 Å². The minimum atomic E-state index is -3.45. The zero-order valence-corrected chi connectivity index (χ0v) is 13.9. The van der Waals surface area contributed by atoms with Gasteiger partial charge in [-0.1, -0.05) is 26.3 Å². The SMILES string of the molecule is CC[C@H](C)[C@H](NC(=O)c1ccc(C)c(S(C)(=O)=O)c1)C(=O)O. The highest BCUT2D eigenvalue weighted by Gasteiger charge is 2.26. The second kappa shape index (κ2) is 6.91. The number of hydrogen-bond acceptors (Lipinski definition) is 4. The summed E-state index contributed by atoms with van der Waals surface area (Å²) >= 11 is 0. The summed E-state index contributed by atoms with van der Waals surface area (Å²) in [6.45, 7) is 5.20. The molecule has 7 heteroatoms. The molecular weight excluding hydrogens is 306 g/mol. The second-order valence-corrected chi connectivity index (χ2v) is 7.41. The topological polar surface area (TPSA) is 101 Å². The lowest BCUT2D eigenvalue weighted by Crippen LogP contribution is -2.45. The van der Waals surface area contributed by atoms with Crippen molar-refractivity contribution in [3.63, 3.8) is 0 Å². The molecule has 122 valence electrons. The second-order valence-electron chi connectivity index (χ2n) is 5.43. The molecule has 6 nitrogen and oxygen atoms in total. The van der Waals surface area contributed by atoms with Gasteiger partial charge in [0, 0.05) is 11.8 Å². The fraction of sp³-hybridized carbons (Fsp3) is 0.467. The molecule has 0 aliphatic rings. The van der Waals surface area contributed by atoms with Crippen LogP contribution < -0.4 is 5.32 Å². The molecule has 0 aliphatic heterocycles. The van der Waals surface area contributed by atoms with Crippen molar-refractivity contribution >= 4 is 21.7 Å². The Kier molecular flexibility index (Phi) is 5.71. The van der Waals surface area contributed by atoms with Crippen LogP contribution in [0.2, 0.25) is 0 Å². The quantitative estimate of drug-likeness (QED) is 0.827. The number of carboxylic acids is 1. The van der Waals surface area contributed by atoms with Gasteiger partial charge in [-0.05, 0) is 30.5 Å². The number of rotatable bonds is 6. The van der Waals surface area contributed by atoms with Gasteiger partial charge in [0.2, 0.25) is 0 Å². The van der Waals surface area contributed by atoms with E-state index in [1.807, 2.05) is 6.92 Å². The molecule has 0 fully saturated rings. The number of carbonyl (C=O) groups is 2. The molecule has 22 heavy (non-hydrogen) atoms. The van der Waals surface area contributed by atoms with E-state index in [9.17, 15) is 23.1 Å².